The first-order valence-electron chi connectivity index (χ1n) is 9.59. The summed E-state index contributed by atoms with van der Waals surface area (Å²) in [7, 11) is 5.62. The highest BCUT2D eigenvalue weighted by molar-refractivity contribution is 6.11. The third-order valence-electron chi connectivity index (χ3n) is 4.93. The van der Waals surface area contributed by atoms with E-state index in [1.54, 1.807) is 13.2 Å². The summed E-state index contributed by atoms with van der Waals surface area (Å²) < 4.78 is 5.48. The standard InChI is InChI=1S/C23H24N4O2/c1-14(13-27(2)3)24-23(28)17-8-5-9-18-22(17)26-21-16-7-6-10-20(29-4)15(16)11-12-19(21)25-18/h5-12,14H,13H2,1-4H3,(H,24,28)/t14-/m0/s1. The zero-order chi connectivity index (χ0) is 20.5. The number of ether oxygens (including phenoxy) is 1. The van der Waals surface area contributed by atoms with Crippen molar-refractivity contribution in [1.29, 1.82) is 0 Å². The van der Waals surface area contributed by atoms with Gasteiger partial charge in [0.2, 0.25) is 0 Å². The first-order chi connectivity index (χ1) is 14.0. The molecule has 4 rings (SSSR count). The summed E-state index contributed by atoms with van der Waals surface area (Å²) in [6, 6.07) is 15.4. The molecule has 0 bridgehead atoms. The van der Waals surface area contributed by atoms with Gasteiger partial charge in [-0.2, -0.15) is 0 Å². The molecular weight excluding hydrogens is 364 g/mol. The third-order valence-corrected chi connectivity index (χ3v) is 4.93. The predicted molar refractivity (Wildman–Crippen MR) is 117 cm³/mol. The van der Waals surface area contributed by atoms with Gasteiger partial charge in [0.05, 0.1) is 29.2 Å². The number of amides is 1. The number of nitrogens with one attached hydrogen (secondary N) is 1. The third kappa shape index (κ3) is 3.59. The van der Waals surface area contributed by atoms with Crippen LogP contribution in [0.5, 0.6) is 5.75 Å². The number of para-hydroxylation sites is 1. The second-order valence-corrected chi connectivity index (χ2v) is 7.52. The summed E-state index contributed by atoms with van der Waals surface area (Å²) in [6.45, 7) is 2.75. The zero-order valence-corrected chi connectivity index (χ0v) is 17.1. The minimum atomic E-state index is -0.142. The molecule has 1 aromatic heterocycles. The lowest BCUT2D eigenvalue weighted by atomic mass is 10.1. The van der Waals surface area contributed by atoms with Crippen LogP contribution in [0.4, 0.5) is 0 Å². The molecule has 1 N–H and O–H groups in total. The van der Waals surface area contributed by atoms with Crippen LogP contribution in [0, 0.1) is 0 Å². The number of likely N-dealkylation sites (N-methyl/N-ethyl adjacent to an activating group) is 1. The Bertz CT molecular complexity index is 1220. The van der Waals surface area contributed by atoms with E-state index in [4.69, 9.17) is 14.7 Å². The summed E-state index contributed by atoms with van der Waals surface area (Å²) in [5.74, 6) is 0.645. The van der Waals surface area contributed by atoms with Gasteiger partial charge in [-0.1, -0.05) is 18.2 Å². The smallest absolute Gasteiger partial charge is 0.253 e. The van der Waals surface area contributed by atoms with Gasteiger partial charge in [0.15, 0.2) is 0 Å². The van der Waals surface area contributed by atoms with Gasteiger partial charge in [0.1, 0.15) is 11.3 Å². The average molecular weight is 388 g/mol. The molecule has 4 aromatic rings. The van der Waals surface area contributed by atoms with Gasteiger partial charge in [0, 0.05) is 23.4 Å². The normalized spacial score (nSPS) is 12.6. The van der Waals surface area contributed by atoms with Crippen LogP contribution in [-0.4, -0.2) is 54.6 Å². The van der Waals surface area contributed by atoms with E-state index in [0.717, 1.165) is 34.1 Å². The minimum Gasteiger partial charge on any atom is -0.496 e. The molecule has 0 saturated carbocycles. The van der Waals surface area contributed by atoms with Crippen molar-refractivity contribution in [3.05, 3.63) is 54.1 Å². The molecule has 0 spiro atoms. The molecule has 0 aliphatic rings. The summed E-state index contributed by atoms with van der Waals surface area (Å²) in [5, 5.41) is 4.98. The Morgan fingerprint density at radius 1 is 1.00 bits per heavy atom. The van der Waals surface area contributed by atoms with Crippen molar-refractivity contribution in [2.45, 2.75) is 13.0 Å². The van der Waals surface area contributed by atoms with E-state index in [1.807, 2.05) is 68.4 Å². The van der Waals surface area contributed by atoms with Gasteiger partial charge in [-0.05, 0) is 51.4 Å². The van der Waals surface area contributed by atoms with Gasteiger partial charge in [-0.25, -0.2) is 9.97 Å². The maximum Gasteiger partial charge on any atom is 0.253 e. The fraction of sp³-hybridized carbons (Fsp3) is 0.261. The summed E-state index contributed by atoms with van der Waals surface area (Å²) in [5.41, 5.74) is 3.38. The van der Waals surface area contributed by atoms with Crippen LogP contribution in [0.2, 0.25) is 0 Å². The number of carbonyl (C=O) groups excluding carboxylic acids is 1. The highest BCUT2D eigenvalue weighted by Crippen LogP contribution is 2.31. The Hall–Kier alpha value is -3.25. The van der Waals surface area contributed by atoms with Crippen molar-refractivity contribution in [2.24, 2.45) is 0 Å². The molecule has 0 aliphatic heterocycles. The summed E-state index contributed by atoms with van der Waals surface area (Å²) >= 11 is 0. The number of carbonyl (C=O) groups is 1. The number of hydrogen-bond donors (Lipinski definition) is 1. The molecule has 1 heterocycles. The fourth-order valence-corrected chi connectivity index (χ4v) is 3.75. The molecule has 0 aliphatic carbocycles. The Labute approximate surface area is 169 Å². The largest absolute Gasteiger partial charge is 0.496 e. The second-order valence-electron chi connectivity index (χ2n) is 7.52. The minimum absolute atomic E-state index is 0.0197. The van der Waals surface area contributed by atoms with E-state index in [2.05, 4.69) is 5.32 Å². The molecule has 3 aromatic carbocycles. The van der Waals surface area contributed by atoms with Crippen molar-refractivity contribution in [3.63, 3.8) is 0 Å². The van der Waals surface area contributed by atoms with Crippen LogP contribution in [0.3, 0.4) is 0 Å². The number of rotatable bonds is 5. The van der Waals surface area contributed by atoms with E-state index in [-0.39, 0.29) is 11.9 Å². The summed E-state index contributed by atoms with van der Waals surface area (Å²) in [4.78, 5) is 24.6. The van der Waals surface area contributed by atoms with Gasteiger partial charge >= 0.3 is 0 Å². The van der Waals surface area contributed by atoms with Gasteiger partial charge in [0.25, 0.3) is 5.91 Å². The lowest BCUT2D eigenvalue weighted by Crippen LogP contribution is -2.39. The maximum atomic E-state index is 12.9. The summed E-state index contributed by atoms with van der Waals surface area (Å²) in [6.07, 6.45) is 0. The Morgan fingerprint density at radius 2 is 1.76 bits per heavy atom. The highest BCUT2D eigenvalue weighted by atomic mass is 16.5. The average Bonchev–Trinajstić information content (AvgIpc) is 2.70. The molecule has 6 heteroatoms. The number of hydrogen-bond acceptors (Lipinski definition) is 5. The molecule has 1 atom stereocenters. The monoisotopic (exact) mass is 388 g/mol. The number of nitrogens with zero attached hydrogens (tertiary/aromatic N) is 3. The van der Waals surface area contributed by atoms with Crippen molar-refractivity contribution in [3.8, 4) is 5.75 Å². The van der Waals surface area contributed by atoms with Crippen LogP contribution in [0.15, 0.2) is 48.5 Å². The van der Waals surface area contributed by atoms with E-state index in [9.17, 15) is 4.79 Å². The SMILES string of the molecule is COc1cccc2c1ccc1nc3cccc(C(=O)N[C@@H](C)CN(C)C)c3nc12. The molecule has 0 fully saturated rings. The molecule has 0 radical (unpaired) electrons. The Kier molecular flexibility index (Phi) is 5.03. The van der Waals surface area contributed by atoms with E-state index in [0.29, 0.717) is 16.6 Å². The van der Waals surface area contributed by atoms with Crippen molar-refractivity contribution in [2.75, 3.05) is 27.7 Å². The molecule has 0 unspecified atom stereocenters. The predicted octanol–water partition coefficient (Wildman–Crippen LogP) is 3.62. The lowest BCUT2D eigenvalue weighted by molar-refractivity contribution is 0.0936. The molecule has 6 nitrogen and oxygen atoms in total. The fourth-order valence-electron chi connectivity index (χ4n) is 3.75. The first kappa shape index (κ1) is 19.1. The second kappa shape index (κ2) is 7.64. The van der Waals surface area contributed by atoms with E-state index in [1.165, 1.54) is 0 Å². The Balaban J connectivity index is 1.87. The van der Waals surface area contributed by atoms with Crippen molar-refractivity contribution < 1.29 is 9.53 Å². The quantitative estimate of drug-likeness (QED) is 0.418. The molecule has 1 amide bonds. The lowest BCUT2D eigenvalue weighted by Gasteiger charge is -2.18. The Morgan fingerprint density at radius 3 is 2.52 bits per heavy atom. The van der Waals surface area contributed by atoms with Gasteiger partial charge < -0.3 is 15.0 Å². The van der Waals surface area contributed by atoms with Crippen LogP contribution >= 0.6 is 0 Å². The number of methoxy groups -OCH3 is 1. The van der Waals surface area contributed by atoms with Crippen LogP contribution < -0.4 is 10.1 Å². The van der Waals surface area contributed by atoms with Gasteiger partial charge in [-0.3, -0.25) is 4.79 Å². The number of fused-ring (bicyclic) bond motifs is 4. The van der Waals surface area contributed by atoms with Crippen molar-refractivity contribution >= 4 is 38.7 Å². The molecule has 0 saturated heterocycles. The first-order valence-corrected chi connectivity index (χ1v) is 9.59. The van der Waals surface area contributed by atoms with Crippen LogP contribution in [0.25, 0.3) is 32.8 Å². The molecule has 29 heavy (non-hydrogen) atoms. The molecule has 148 valence electrons. The topological polar surface area (TPSA) is 67.3 Å². The van der Waals surface area contributed by atoms with E-state index >= 15 is 0 Å². The van der Waals surface area contributed by atoms with Crippen LogP contribution in [0.1, 0.15) is 17.3 Å². The number of benzene rings is 3. The van der Waals surface area contributed by atoms with E-state index < -0.39 is 0 Å². The zero-order valence-electron chi connectivity index (χ0n) is 17.1. The molecular formula is C23H24N4O2. The van der Waals surface area contributed by atoms with Gasteiger partial charge in [-0.15, -0.1) is 0 Å². The van der Waals surface area contributed by atoms with Crippen LogP contribution in [-0.2, 0) is 0 Å². The highest BCUT2D eigenvalue weighted by Gasteiger charge is 2.16. The van der Waals surface area contributed by atoms with Crippen molar-refractivity contribution in [1.82, 2.24) is 20.2 Å². The maximum absolute atomic E-state index is 12.9. The number of aromatic nitrogens is 2.